The highest BCUT2D eigenvalue weighted by Gasteiger charge is 2.34. The molecule has 0 spiro atoms. The van der Waals surface area contributed by atoms with E-state index in [1.54, 1.807) is 12.1 Å². The van der Waals surface area contributed by atoms with E-state index in [2.05, 4.69) is 105 Å². The van der Waals surface area contributed by atoms with Gasteiger partial charge in [0.2, 0.25) is 0 Å². The van der Waals surface area contributed by atoms with Gasteiger partial charge in [-0.15, -0.1) is 0 Å². The largest absolute Gasteiger partial charge is 0.494 e. The minimum atomic E-state index is -0.434. The number of nitrogens with zero attached hydrogens (tertiary/aromatic N) is 8. The maximum atomic E-state index is 13.8. The number of likely N-dealkylation sites (N-methyl/N-ethyl adjacent to an activating group) is 2. The molecule has 0 amide bonds. The zero-order valence-corrected chi connectivity index (χ0v) is 86.4. The number of hydrogen-bond donors (Lipinski definition) is 2. The van der Waals surface area contributed by atoms with Gasteiger partial charge >= 0.3 is 0 Å². The van der Waals surface area contributed by atoms with Crippen LogP contribution in [0.4, 0.5) is 4.39 Å². The summed E-state index contributed by atoms with van der Waals surface area (Å²) < 4.78 is 18.7. The van der Waals surface area contributed by atoms with Crippen LogP contribution in [-0.4, -0.2) is 262 Å². The lowest BCUT2D eigenvalue weighted by Gasteiger charge is -2.38. The van der Waals surface area contributed by atoms with Gasteiger partial charge < -0.3 is 25.2 Å². The molecule has 4 aliphatic rings. The zero-order valence-electron chi connectivity index (χ0n) is 82.6. The number of aryl methyl sites for hydroxylation is 1. The number of hydrogen-bond acceptors (Lipinski definition) is 17. The Kier molecular flexibility index (Phi) is 51.5. The van der Waals surface area contributed by atoms with Crippen molar-refractivity contribution in [2.45, 2.75) is 219 Å². The summed E-state index contributed by atoms with van der Waals surface area (Å²) in [6.45, 7) is 70.8. The molecule has 6 aromatic rings. The van der Waals surface area contributed by atoms with Crippen molar-refractivity contribution in [3.05, 3.63) is 203 Å². The maximum absolute atomic E-state index is 13.8. The van der Waals surface area contributed by atoms with Gasteiger partial charge in [0.25, 0.3) is 0 Å². The standard InChI is InChI=1S/2C19H29ClN2O.2C18H27ClN2O.C16H24ClNO.C16H24FNO2/c2*1-14(2)19(23)18(16-5-7-17(20)8-6-16)13-21-9-11-22(12-10-21)15(3)4;2*1-4-20-9-11-21(12-10-20)13-17(18(22)14(2)3)15-5-7-16(19)8-6-15;1-10(2)16(19)14(9-18-11(3)4)13-6-7-15(17)12(5)8-13;1-10(2)16(19)13(9-18-11(3)4)12-6-7-15(20-5)14(17)8-12/h2*5-8,14-15,18H,9-13H2,1-4H3;2*5-8,14,17H,4,9-13H2,1-3H3;6-8,10-11,14,18H,9H2,1-5H3;6-8,10-11,13,18H,9H2,1-5H3/t2*18-;2*17-;14-;13-/m101011/s1. The van der Waals surface area contributed by atoms with Crippen LogP contribution < -0.4 is 15.4 Å². The summed E-state index contributed by atoms with van der Waals surface area (Å²) in [5, 5.41) is 10.2. The van der Waals surface area contributed by atoms with Gasteiger partial charge in [-0.05, 0) is 153 Å². The first kappa shape index (κ1) is 114. The smallest absolute Gasteiger partial charge is 0.165 e. The molecule has 0 aliphatic carbocycles. The van der Waals surface area contributed by atoms with Gasteiger partial charge in [-0.25, -0.2) is 4.39 Å². The Bertz CT molecular complexity index is 4080. The molecule has 718 valence electrons. The average molecular weight is 1880 g/mol. The third kappa shape index (κ3) is 39.2. The Balaban J connectivity index is 0.000000275. The molecule has 129 heavy (non-hydrogen) atoms. The number of piperazine rings is 4. The number of methoxy groups -OCH3 is 1. The second-order valence-electron chi connectivity index (χ2n) is 38.2. The second kappa shape index (κ2) is 58.4. The summed E-state index contributed by atoms with van der Waals surface area (Å²) in [7, 11) is 1.43. The van der Waals surface area contributed by atoms with E-state index in [0.717, 1.165) is 202 Å². The molecule has 6 aromatic carbocycles. The van der Waals surface area contributed by atoms with E-state index < -0.39 is 5.82 Å². The molecule has 10 rings (SSSR count). The number of benzene rings is 6. The molecular weight excluding hydrogens is 1720 g/mol. The lowest BCUT2D eigenvalue weighted by molar-refractivity contribution is -0.124. The van der Waals surface area contributed by atoms with E-state index in [0.29, 0.717) is 59.9 Å². The molecule has 0 saturated carbocycles. The normalized spacial score (nSPS) is 16.9. The van der Waals surface area contributed by atoms with E-state index in [4.69, 9.17) is 62.7 Å². The molecule has 0 radical (unpaired) electrons. The summed E-state index contributed by atoms with van der Waals surface area (Å²) in [6, 6.07) is 43.5. The average Bonchev–Trinajstić information content (AvgIpc) is 0.943. The SMILES string of the molecule is CC(C)C(=O)[C@@H](CN1CCN(C(C)C)CC1)c1ccc(Cl)cc1.CC(C)C(=O)[C@H](CN1CCN(C(C)C)CC1)c1ccc(Cl)cc1.CCN1CCN(C[C@@H](C(=O)C(C)C)c2ccc(Cl)cc2)CC1.CCN1CCN(C[C@H](C(=O)C(C)C)c2ccc(Cl)cc2)CC1.COc1ccc([C@@H](CNC(C)C)C(=O)C(C)C)cc1F.Cc1cc([C@@H](CNC(C)C)C(=O)C(C)C)ccc1Cl. The van der Waals surface area contributed by atoms with Crippen molar-refractivity contribution in [1.29, 1.82) is 0 Å². The van der Waals surface area contributed by atoms with Crippen molar-refractivity contribution in [1.82, 2.24) is 49.8 Å². The summed E-state index contributed by atoms with van der Waals surface area (Å²) in [5.74, 6) is 0.931. The zero-order chi connectivity index (χ0) is 96.1. The Morgan fingerprint density at radius 3 is 0.760 bits per heavy atom. The number of carbonyl (C=O) groups excluding carboxylic acids is 6. The number of nitrogens with one attached hydrogen (secondary N) is 2. The van der Waals surface area contributed by atoms with Crippen molar-refractivity contribution in [2.24, 2.45) is 35.5 Å². The van der Waals surface area contributed by atoms with E-state index in [1.165, 1.54) is 13.2 Å². The summed E-state index contributed by atoms with van der Waals surface area (Å²) in [4.78, 5) is 95.0. The number of ether oxygens (including phenoxy) is 1. The van der Waals surface area contributed by atoms with E-state index in [-0.39, 0.29) is 94.4 Å². The molecule has 4 saturated heterocycles. The fourth-order valence-electron chi connectivity index (χ4n) is 16.4. The number of Topliss-reactive ketones (excluding diaryl/α,β-unsaturated/α-hetero) is 6. The first-order valence-electron chi connectivity index (χ1n) is 47.6. The minimum Gasteiger partial charge on any atom is -0.494 e. The molecular formula is C106H160Cl5FN10O7. The van der Waals surface area contributed by atoms with E-state index in [9.17, 15) is 33.2 Å². The Morgan fingerprint density at radius 2 is 0.543 bits per heavy atom. The van der Waals surface area contributed by atoms with Crippen LogP contribution in [0, 0.1) is 48.2 Å². The van der Waals surface area contributed by atoms with Crippen molar-refractivity contribution < 1.29 is 37.9 Å². The van der Waals surface area contributed by atoms with E-state index in [1.807, 2.05) is 219 Å². The summed E-state index contributed by atoms with van der Waals surface area (Å²) in [5.41, 5.74) is 7.09. The van der Waals surface area contributed by atoms with Gasteiger partial charge in [0, 0.05) is 229 Å². The second-order valence-corrected chi connectivity index (χ2v) is 40.4. The third-order valence-electron chi connectivity index (χ3n) is 25.0. The highest BCUT2D eigenvalue weighted by Crippen LogP contribution is 2.33. The molecule has 0 aromatic heterocycles. The van der Waals surface area contributed by atoms with Gasteiger partial charge in [-0.3, -0.25) is 58.2 Å². The third-order valence-corrected chi connectivity index (χ3v) is 26.5. The van der Waals surface area contributed by atoms with Crippen LogP contribution >= 0.6 is 58.0 Å². The van der Waals surface area contributed by atoms with Crippen LogP contribution in [0.25, 0.3) is 0 Å². The molecule has 4 fully saturated rings. The maximum Gasteiger partial charge on any atom is 0.165 e. The van der Waals surface area contributed by atoms with Crippen LogP contribution in [0.5, 0.6) is 5.75 Å². The van der Waals surface area contributed by atoms with Crippen LogP contribution in [0.1, 0.15) is 227 Å². The quantitative estimate of drug-likeness (QED) is 0.0378. The van der Waals surface area contributed by atoms with Gasteiger partial charge in [-0.2, -0.15) is 0 Å². The topological polar surface area (TPSA) is 162 Å². The molecule has 2 N–H and O–H groups in total. The monoisotopic (exact) mass is 1880 g/mol. The van der Waals surface area contributed by atoms with Crippen molar-refractivity contribution in [2.75, 3.05) is 164 Å². The Labute approximate surface area is 802 Å². The molecule has 0 bridgehead atoms. The minimum absolute atomic E-state index is 0.0370. The van der Waals surface area contributed by atoms with Crippen LogP contribution in [0.15, 0.2) is 133 Å². The molecule has 4 aliphatic heterocycles. The summed E-state index contributed by atoms with van der Waals surface area (Å²) in [6.07, 6.45) is 0. The summed E-state index contributed by atoms with van der Waals surface area (Å²) >= 11 is 30.0. The predicted molar refractivity (Wildman–Crippen MR) is 540 cm³/mol. The van der Waals surface area contributed by atoms with Gasteiger partial charge in [0.1, 0.15) is 34.7 Å². The lowest BCUT2D eigenvalue weighted by atomic mass is 9.88. The first-order valence-corrected chi connectivity index (χ1v) is 49.5. The Morgan fingerprint density at radius 1 is 0.318 bits per heavy atom. The molecule has 4 heterocycles. The fourth-order valence-corrected chi connectivity index (χ4v) is 17.0. The highest BCUT2D eigenvalue weighted by molar-refractivity contribution is 6.32. The Hall–Kier alpha value is -5.88. The lowest BCUT2D eigenvalue weighted by Crippen LogP contribution is -2.50. The predicted octanol–water partition coefficient (Wildman–Crippen LogP) is 21.0. The molecule has 0 unspecified atom stereocenters. The van der Waals surface area contributed by atoms with Gasteiger partial charge in [-0.1, -0.05) is 249 Å². The fraction of sp³-hybridized carbons (Fsp3) is 0.604. The van der Waals surface area contributed by atoms with Crippen LogP contribution in [-0.2, 0) is 28.8 Å². The van der Waals surface area contributed by atoms with Gasteiger partial charge in [0.15, 0.2) is 11.6 Å². The first-order chi connectivity index (χ1) is 61.0. The van der Waals surface area contributed by atoms with Crippen LogP contribution in [0.2, 0.25) is 25.1 Å². The number of halogens is 6. The van der Waals surface area contributed by atoms with Crippen molar-refractivity contribution in [3.8, 4) is 5.75 Å². The van der Waals surface area contributed by atoms with Gasteiger partial charge in [0.05, 0.1) is 42.6 Å². The number of ketones is 6. The van der Waals surface area contributed by atoms with Crippen molar-refractivity contribution >= 4 is 92.7 Å². The van der Waals surface area contributed by atoms with E-state index >= 15 is 0 Å². The number of carbonyl (C=O) groups is 6. The molecule has 6 atom stereocenters. The van der Waals surface area contributed by atoms with Crippen LogP contribution in [0.3, 0.4) is 0 Å². The van der Waals surface area contributed by atoms with Crippen molar-refractivity contribution in [3.63, 3.8) is 0 Å². The molecule has 23 heteroatoms. The number of rotatable bonds is 37. The molecule has 17 nitrogen and oxygen atoms in total. The highest BCUT2D eigenvalue weighted by atomic mass is 35.5.